The van der Waals surface area contributed by atoms with Gasteiger partial charge in [0.25, 0.3) is 0 Å². The Morgan fingerprint density at radius 3 is 2.27 bits per heavy atom. The molecule has 0 saturated carbocycles. The van der Waals surface area contributed by atoms with E-state index in [1.54, 1.807) is 36.4 Å². The molecule has 0 saturated heterocycles. The van der Waals surface area contributed by atoms with Crippen LogP contribution in [0, 0.1) is 6.92 Å². The van der Waals surface area contributed by atoms with E-state index in [1.807, 2.05) is 57.2 Å². The van der Waals surface area contributed by atoms with Crippen LogP contribution in [0.2, 0.25) is 10.0 Å². The Balaban J connectivity index is 2.09. The highest BCUT2D eigenvalue weighted by Crippen LogP contribution is 2.25. The number of nitrogens with one attached hydrogen (secondary N) is 1. The molecule has 40 heavy (non-hydrogen) atoms. The summed E-state index contributed by atoms with van der Waals surface area (Å²) in [4.78, 5) is 29.2. The average Bonchev–Trinajstić information content (AvgIpc) is 2.90. The quantitative estimate of drug-likeness (QED) is 0.291. The molecule has 0 radical (unpaired) electrons. The zero-order chi connectivity index (χ0) is 29.4. The SMILES string of the molecule is CC[C@@H](C)NC(=O)[C@H](Cc1ccccc1)N(Cc1ccc(Cl)cc1Cl)C(=O)CN(c1cccc(C)c1)S(C)(=O)=O. The minimum Gasteiger partial charge on any atom is -0.352 e. The number of rotatable bonds is 12. The number of amides is 2. The van der Waals surface area contributed by atoms with Gasteiger partial charge in [-0.1, -0.05) is 78.7 Å². The standard InChI is InChI=1S/C30H35Cl2N3O4S/c1-5-22(3)33-30(37)28(17-23-11-7-6-8-12-23)34(19-24-14-15-25(31)18-27(24)32)29(36)20-35(40(4,38)39)26-13-9-10-21(2)16-26/h6-16,18,22,28H,5,17,19-20H2,1-4H3,(H,33,37)/t22-,28+/m1/s1. The number of anilines is 1. The van der Waals surface area contributed by atoms with Crippen molar-refractivity contribution in [1.82, 2.24) is 10.2 Å². The van der Waals surface area contributed by atoms with Crippen molar-refractivity contribution < 1.29 is 18.0 Å². The second-order valence-corrected chi connectivity index (χ2v) is 12.6. The molecule has 0 aromatic heterocycles. The summed E-state index contributed by atoms with van der Waals surface area (Å²) in [5, 5.41) is 3.77. The summed E-state index contributed by atoms with van der Waals surface area (Å²) in [6.07, 6.45) is 1.99. The van der Waals surface area contributed by atoms with Crippen molar-refractivity contribution in [2.45, 2.75) is 52.2 Å². The van der Waals surface area contributed by atoms with Gasteiger partial charge in [-0.3, -0.25) is 13.9 Å². The molecule has 0 unspecified atom stereocenters. The Kier molecular flexibility index (Phi) is 11.0. The molecule has 3 aromatic carbocycles. The molecule has 214 valence electrons. The normalized spacial score (nSPS) is 12.8. The lowest BCUT2D eigenvalue weighted by Crippen LogP contribution is -2.54. The molecule has 0 heterocycles. The van der Waals surface area contributed by atoms with Crippen molar-refractivity contribution in [2.24, 2.45) is 0 Å². The van der Waals surface area contributed by atoms with Gasteiger partial charge in [-0.2, -0.15) is 0 Å². The largest absolute Gasteiger partial charge is 0.352 e. The van der Waals surface area contributed by atoms with Gasteiger partial charge in [-0.15, -0.1) is 0 Å². The third kappa shape index (κ3) is 8.71. The number of sulfonamides is 1. The van der Waals surface area contributed by atoms with Crippen LogP contribution in [0.15, 0.2) is 72.8 Å². The van der Waals surface area contributed by atoms with E-state index in [0.29, 0.717) is 27.7 Å². The molecule has 0 bridgehead atoms. The zero-order valence-corrected chi connectivity index (χ0v) is 25.4. The number of aryl methyl sites for hydroxylation is 1. The van der Waals surface area contributed by atoms with E-state index in [1.165, 1.54) is 4.90 Å². The summed E-state index contributed by atoms with van der Waals surface area (Å²) in [5.41, 5.74) is 2.64. The highest BCUT2D eigenvalue weighted by Gasteiger charge is 2.33. The lowest BCUT2D eigenvalue weighted by molar-refractivity contribution is -0.140. The average molecular weight is 605 g/mol. The summed E-state index contributed by atoms with van der Waals surface area (Å²) in [5.74, 6) is -0.878. The minimum atomic E-state index is -3.84. The third-order valence-electron chi connectivity index (χ3n) is 6.60. The Labute approximate surface area is 247 Å². The van der Waals surface area contributed by atoms with Gasteiger partial charge >= 0.3 is 0 Å². The van der Waals surface area contributed by atoms with Crippen LogP contribution in [0.4, 0.5) is 5.69 Å². The first kappa shape index (κ1) is 31.5. The number of carbonyl (C=O) groups is 2. The van der Waals surface area contributed by atoms with Crippen molar-refractivity contribution >= 4 is 50.7 Å². The van der Waals surface area contributed by atoms with Crippen molar-refractivity contribution in [3.05, 3.63) is 99.5 Å². The summed E-state index contributed by atoms with van der Waals surface area (Å²) in [6.45, 7) is 5.18. The van der Waals surface area contributed by atoms with Crippen molar-refractivity contribution in [1.29, 1.82) is 0 Å². The fourth-order valence-corrected chi connectivity index (χ4v) is 5.54. The molecule has 1 N–H and O–H groups in total. The van der Waals surface area contributed by atoms with E-state index in [-0.39, 0.29) is 24.9 Å². The number of hydrogen-bond acceptors (Lipinski definition) is 4. The van der Waals surface area contributed by atoms with E-state index in [4.69, 9.17) is 23.2 Å². The van der Waals surface area contributed by atoms with Crippen LogP contribution in [-0.4, -0.2) is 50.0 Å². The molecule has 2 atom stereocenters. The van der Waals surface area contributed by atoms with Crippen molar-refractivity contribution in [2.75, 3.05) is 17.1 Å². The molecule has 0 spiro atoms. The van der Waals surface area contributed by atoms with Gasteiger partial charge in [-0.05, 0) is 61.2 Å². The zero-order valence-electron chi connectivity index (χ0n) is 23.1. The number of nitrogens with zero attached hydrogens (tertiary/aromatic N) is 2. The van der Waals surface area contributed by atoms with Crippen LogP contribution >= 0.6 is 23.2 Å². The molecule has 0 fully saturated rings. The fourth-order valence-electron chi connectivity index (χ4n) is 4.23. The highest BCUT2D eigenvalue weighted by atomic mass is 35.5. The van der Waals surface area contributed by atoms with Gasteiger partial charge in [0.15, 0.2) is 0 Å². The maximum Gasteiger partial charge on any atom is 0.244 e. The molecular weight excluding hydrogens is 569 g/mol. The summed E-state index contributed by atoms with van der Waals surface area (Å²) in [6, 6.07) is 20.2. The summed E-state index contributed by atoms with van der Waals surface area (Å²) in [7, 11) is -3.84. The van der Waals surface area contributed by atoms with Gasteiger partial charge in [-0.25, -0.2) is 8.42 Å². The monoisotopic (exact) mass is 603 g/mol. The molecule has 3 aromatic rings. The second-order valence-electron chi connectivity index (χ2n) is 9.89. The maximum absolute atomic E-state index is 14.1. The fraction of sp³-hybridized carbons (Fsp3) is 0.333. The predicted octanol–water partition coefficient (Wildman–Crippen LogP) is 5.62. The highest BCUT2D eigenvalue weighted by molar-refractivity contribution is 7.92. The Morgan fingerprint density at radius 1 is 0.975 bits per heavy atom. The molecular formula is C30H35Cl2N3O4S. The van der Waals surface area contributed by atoms with Gasteiger partial charge < -0.3 is 10.2 Å². The smallest absolute Gasteiger partial charge is 0.244 e. The summed E-state index contributed by atoms with van der Waals surface area (Å²) < 4.78 is 26.8. The van der Waals surface area contributed by atoms with E-state index in [9.17, 15) is 18.0 Å². The van der Waals surface area contributed by atoms with Crippen molar-refractivity contribution in [3.63, 3.8) is 0 Å². The van der Waals surface area contributed by atoms with Crippen LogP contribution in [0.1, 0.15) is 37.0 Å². The molecule has 0 aliphatic carbocycles. The third-order valence-corrected chi connectivity index (χ3v) is 8.32. The molecule has 3 rings (SSSR count). The van der Waals surface area contributed by atoms with Crippen LogP contribution in [0.5, 0.6) is 0 Å². The molecule has 0 aliphatic rings. The second kappa shape index (κ2) is 14.0. The topological polar surface area (TPSA) is 86.8 Å². The van der Waals surface area contributed by atoms with E-state index in [2.05, 4.69) is 5.32 Å². The number of halogens is 2. The van der Waals surface area contributed by atoms with Gasteiger partial charge in [0.05, 0.1) is 11.9 Å². The number of carbonyl (C=O) groups excluding carboxylic acids is 2. The molecule has 2 amide bonds. The van der Waals surface area contributed by atoms with Crippen molar-refractivity contribution in [3.8, 4) is 0 Å². The minimum absolute atomic E-state index is 0.0221. The Hall–Kier alpha value is -3.07. The number of hydrogen-bond donors (Lipinski definition) is 1. The maximum atomic E-state index is 14.1. The predicted molar refractivity (Wildman–Crippen MR) is 162 cm³/mol. The van der Waals surface area contributed by atoms with E-state index < -0.39 is 28.5 Å². The first-order chi connectivity index (χ1) is 18.9. The lowest BCUT2D eigenvalue weighted by atomic mass is 10.0. The van der Waals surface area contributed by atoms with Crippen LogP contribution in [0.3, 0.4) is 0 Å². The molecule has 0 aliphatic heterocycles. The summed E-state index contributed by atoms with van der Waals surface area (Å²) >= 11 is 12.6. The Bertz CT molecular complexity index is 1430. The van der Waals surface area contributed by atoms with Gasteiger partial charge in [0, 0.05) is 29.1 Å². The first-order valence-electron chi connectivity index (χ1n) is 13.0. The van der Waals surface area contributed by atoms with E-state index in [0.717, 1.165) is 21.7 Å². The van der Waals surface area contributed by atoms with Crippen LogP contribution in [0.25, 0.3) is 0 Å². The van der Waals surface area contributed by atoms with Gasteiger partial charge in [0.1, 0.15) is 12.6 Å². The van der Waals surface area contributed by atoms with Crippen LogP contribution < -0.4 is 9.62 Å². The number of benzene rings is 3. The van der Waals surface area contributed by atoms with E-state index >= 15 is 0 Å². The van der Waals surface area contributed by atoms with Crippen LogP contribution in [-0.2, 0) is 32.6 Å². The first-order valence-corrected chi connectivity index (χ1v) is 15.6. The molecule has 10 heteroatoms. The van der Waals surface area contributed by atoms with Gasteiger partial charge in [0.2, 0.25) is 21.8 Å². The Morgan fingerprint density at radius 2 is 1.68 bits per heavy atom. The lowest BCUT2D eigenvalue weighted by Gasteiger charge is -2.34. The molecule has 7 nitrogen and oxygen atoms in total.